The van der Waals surface area contributed by atoms with Crippen LogP contribution >= 0.6 is 0 Å². The SMILES string of the molecule is COc1ccc(CCn2ccc3nc4ccn(Cc5ccc6c(c5)OCCO6)c(=O)c4cc3c2=O)cc1OC. The van der Waals surface area contributed by atoms with E-state index in [0.29, 0.717) is 77.5 Å². The molecule has 1 aliphatic heterocycles. The molecule has 0 bridgehead atoms. The number of hydrogen-bond acceptors (Lipinski definition) is 7. The van der Waals surface area contributed by atoms with Crippen molar-refractivity contribution in [2.45, 2.75) is 19.5 Å². The first-order valence-electron chi connectivity index (χ1n) is 12.7. The molecule has 198 valence electrons. The number of aromatic nitrogens is 3. The zero-order valence-corrected chi connectivity index (χ0v) is 21.7. The maximum atomic E-state index is 13.4. The number of pyridine rings is 3. The van der Waals surface area contributed by atoms with Crippen molar-refractivity contribution in [2.75, 3.05) is 27.4 Å². The van der Waals surface area contributed by atoms with Crippen LogP contribution < -0.4 is 30.1 Å². The lowest BCUT2D eigenvalue weighted by Gasteiger charge is -2.19. The lowest BCUT2D eigenvalue weighted by molar-refractivity contribution is 0.171. The van der Waals surface area contributed by atoms with Crippen molar-refractivity contribution in [3.8, 4) is 23.0 Å². The van der Waals surface area contributed by atoms with Crippen LogP contribution in [0.2, 0.25) is 0 Å². The first kappa shape index (κ1) is 24.5. The zero-order valence-electron chi connectivity index (χ0n) is 21.7. The highest BCUT2D eigenvalue weighted by Crippen LogP contribution is 2.31. The minimum atomic E-state index is -0.211. The van der Waals surface area contributed by atoms with E-state index >= 15 is 0 Å². The zero-order chi connectivity index (χ0) is 26.9. The van der Waals surface area contributed by atoms with Crippen LogP contribution in [-0.2, 0) is 19.5 Å². The fourth-order valence-electron chi connectivity index (χ4n) is 4.87. The third kappa shape index (κ3) is 4.67. The van der Waals surface area contributed by atoms with Gasteiger partial charge in [-0.15, -0.1) is 0 Å². The summed E-state index contributed by atoms with van der Waals surface area (Å²) in [4.78, 5) is 31.4. The van der Waals surface area contributed by atoms with Crippen LogP contribution in [0.5, 0.6) is 23.0 Å². The lowest BCUT2D eigenvalue weighted by Crippen LogP contribution is -2.23. The highest BCUT2D eigenvalue weighted by Gasteiger charge is 2.14. The molecule has 3 aromatic heterocycles. The highest BCUT2D eigenvalue weighted by atomic mass is 16.6. The van der Waals surface area contributed by atoms with Gasteiger partial charge in [-0.05, 0) is 60.0 Å². The number of fused-ring (bicyclic) bond motifs is 3. The summed E-state index contributed by atoms with van der Waals surface area (Å²) in [6, 6.07) is 16.6. The van der Waals surface area contributed by atoms with E-state index < -0.39 is 0 Å². The van der Waals surface area contributed by atoms with Crippen LogP contribution in [0.3, 0.4) is 0 Å². The summed E-state index contributed by atoms with van der Waals surface area (Å²) in [5.41, 5.74) is 2.62. The van der Waals surface area contributed by atoms with Gasteiger partial charge in [-0.3, -0.25) is 9.59 Å². The fourth-order valence-corrected chi connectivity index (χ4v) is 4.87. The molecule has 0 aliphatic carbocycles. The number of nitrogens with zero attached hydrogens (tertiary/aromatic N) is 3. The minimum Gasteiger partial charge on any atom is -0.493 e. The smallest absolute Gasteiger partial charge is 0.260 e. The van der Waals surface area contributed by atoms with Gasteiger partial charge in [0.15, 0.2) is 23.0 Å². The van der Waals surface area contributed by atoms with Gasteiger partial charge < -0.3 is 28.1 Å². The summed E-state index contributed by atoms with van der Waals surface area (Å²) in [6.45, 7) is 1.84. The lowest BCUT2D eigenvalue weighted by atomic mass is 10.1. The summed E-state index contributed by atoms with van der Waals surface area (Å²) in [5.74, 6) is 2.67. The van der Waals surface area contributed by atoms with Gasteiger partial charge in [0.2, 0.25) is 0 Å². The second kappa shape index (κ2) is 10.2. The Morgan fingerprint density at radius 3 is 2.15 bits per heavy atom. The summed E-state index contributed by atoms with van der Waals surface area (Å²) in [5, 5.41) is 0.809. The van der Waals surface area contributed by atoms with Gasteiger partial charge in [-0.25, -0.2) is 4.98 Å². The number of hydrogen-bond donors (Lipinski definition) is 0. The molecule has 9 nitrogen and oxygen atoms in total. The van der Waals surface area contributed by atoms with E-state index in [4.69, 9.17) is 18.9 Å². The van der Waals surface area contributed by atoms with Crippen molar-refractivity contribution in [3.05, 3.63) is 98.8 Å². The molecule has 0 saturated carbocycles. The molecule has 0 unspecified atom stereocenters. The molecule has 1 aliphatic rings. The number of rotatable bonds is 7. The first-order chi connectivity index (χ1) is 19.0. The Morgan fingerprint density at radius 1 is 0.744 bits per heavy atom. The summed E-state index contributed by atoms with van der Waals surface area (Å²) >= 11 is 0. The van der Waals surface area contributed by atoms with Crippen LogP contribution in [0, 0.1) is 0 Å². The highest BCUT2D eigenvalue weighted by molar-refractivity contribution is 5.91. The van der Waals surface area contributed by atoms with Gasteiger partial charge in [0.05, 0.1) is 42.6 Å². The summed E-state index contributed by atoms with van der Waals surface area (Å²) < 4.78 is 25.2. The number of benzene rings is 2. The van der Waals surface area contributed by atoms with Gasteiger partial charge in [0.25, 0.3) is 11.1 Å². The Morgan fingerprint density at radius 2 is 1.41 bits per heavy atom. The fraction of sp³-hybridized carbons (Fsp3) is 0.233. The second-order valence-corrected chi connectivity index (χ2v) is 9.33. The summed E-state index contributed by atoms with van der Waals surface area (Å²) in [7, 11) is 3.19. The van der Waals surface area contributed by atoms with Gasteiger partial charge in [0.1, 0.15) is 13.2 Å². The Bertz CT molecular complexity index is 1820. The van der Waals surface area contributed by atoms with Crippen molar-refractivity contribution >= 4 is 21.8 Å². The molecule has 0 atom stereocenters. The van der Waals surface area contributed by atoms with E-state index in [-0.39, 0.29) is 11.1 Å². The van der Waals surface area contributed by atoms with Crippen molar-refractivity contribution in [3.63, 3.8) is 0 Å². The minimum absolute atomic E-state index is 0.191. The predicted molar refractivity (Wildman–Crippen MR) is 148 cm³/mol. The van der Waals surface area contributed by atoms with Crippen LogP contribution in [0.15, 0.2) is 76.6 Å². The number of ether oxygens (including phenoxy) is 4. The van der Waals surface area contributed by atoms with Gasteiger partial charge in [-0.1, -0.05) is 12.1 Å². The van der Waals surface area contributed by atoms with E-state index in [0.717, 1.165) is 11.1 Å². The van der Waals surface area contributed by atoms with Crippen LogP contribution in [0.4, 0.5) is 0 Å². The molecule has 0 spiro atoms. The van der Waals surface area contributed by atoms with E-state index in [2.05, 4.69) is 4.98 Å². The molecule has 0 amide bonds. The van der Waals surface area contributed by atoms with Crippen LogP contribution in [-0.4, -0.2) is 41.6 Å². The second-order valence-electron chi connectivity index (χ2n) is 9.33. The Hall–Kier alpha value is -4.79. The molecule has 0 N–H and O–H groups in total. The standard InChI is InChI=1S/C30H27N3O6/c1-36-25-5-3-19(15-27(25)37-2)7-10-32-11-8-23-21(29(32)34)17-22-24(31-23)9-12-33(30(22)35)18-20-4-6-26-28(16-20)39-14-13-38-26/h3-6,8-9,11-12,15-17H,7,10,13-14,18H2,1-2H3. The third-order valence-electron chi connectivity index (χ3n) is 6.94. The third-order valence-corrected chi connectivity index (χ3v) is 6.94. The average molecular weight is 526 g/mol. The first-order valence-corrected chi connectivity index (χ1v) is 12.7. The molecule has 9 heteroatoms. The van der Waals surface area contributed by atoms with Crippen LogP contribution in [0.25, 0.3) is 21.8 Å². The Kier molecular flexibility index (Phi) is 6.40. The molecular weight excluding hydrogens is 498 g/mol. The molecule has 5 aromatic rings. The quantitative estimate of drug-likeness (QED) is 0.299. The van der Waals surface area contributed by atoms with E-state index in [1.54, 1.807) is 47.9 Å². The van der Waals surface area contributed by atoms with Crippen molar-refractivity contribution in [2.24, 2.45) is 0 Å². The predicted octanol–water partition coefficient (Wildman–Crippen LogP) is 3.79. The molecule has 39 heavy (non-hydrogen) atoms. The molecule has 0 radical (unpaired) electrons. The normalized spacial score (nSPS) is 12.6. The maximum absolute atomic E-state index is 13.4. The monoisotopic (exact) mass is 525 g/mol. The van der Waals surface area contributed by atoms with E-state index in [1.165, 1.54) is 0 Å². The van der Waals surface area contributed by atoms with Crippen molar-refractivity contribution < 1.29 is 18.9 Å². The largest absolute Gasteiger partial charge is 0.493 e. The molecule has 2 aromatic carbocycles. The number of aryl methyl sites for hydroxylation is 2. The Labute approximate surface area is 223 Å². The molecule has 0 saturated heterocycles. The molecular formula is C30H27N3O6. The summed E-state index contributed by atoms with van der Waals surface area (Å²) in [6.07, 6.45) is 4.09. The topological polar surface area (TPSA) is 93.8 Å². The van der Waals surface area contributed by atoms with E-state index in [1.807, 2.05) is 42.5 Å². The van der Waals surface area contributed by atoms with Crippen molar-refractivity contribution in [1.82, 2.24) is 14.1 Å². The molecule has 4 heterocycles. The molecule has 6 rings (SSSR count). The van der Waals surface area contributed by atoms with Gasteiger partial charge >= 0.3 is 0 Å². The molecule has 0 fully saturated rings. The van der Waals surface area contributed by atoms with Gasteiger partial charge in [0, 0.05) is 18.9 Å². The van der Waals surface area contributed by atoms with Crippen LogP contribution in [0.1, 0.15) is 11.1 Å². The van der Waals surface area contributed by atoms with Crippen molar-refractivity contribution in [1.29, 1.82) is 0 Å². The van der Waals surface area contributed by atoms with E-state index in [9.17, 15) is 9.59 Å². The maximum Gasteiger partial charge on any atom is 0.260 e. The number of methoxy groups -OCH3 is 2. The Balaban J connectivity index is 1.31. The average Bonchev–Trinajstić information content (AvgIpc) is 2.97. The van der Waals surface area contributed by atoms with Gasteiger partial charge in [-0.2, -0.15) is 0 Å².